The highest BCUT2D eigenvalue weighted by molar-refractivity contribution is 5.98. The summed E-state index contributed by atoms with van der Waals surface area (Å²) in [7, 11) is 0. The first-order chi connectivity index (χ1) is 9.33. The molecule has 4 N–H and O–H groups in total. The highest BCUT2D eigenvalue weighted by atomic mass is 16.5. The maximum absolute atomic E-state index is 8.58. The van der Waals surface area contributed by atoms with E-state index in [0.29, 0.717) is 13.2 Å². The van der Waals surface area contributed by atoms with E-state index in [-0.39, 0.29) is 6.61 Å². The topological polar surface area (TPSA) is 80.4 Å². The monoisotopic (exact) mass is 261 g/mol. The molecule has 0 aliphatic rings. The molecule has 1 aromatic carbocycles. The molecule has 0 fully saturated rings. The molecule has 0 aliphatic carbocycles. The Hall–Kier alpha value is -1.85. The zero-order valence-corrected chi connectivity index (χ0v) is 10.8. The molecule has 19 heavy (non-hydrogen) atoms. The molecule has 1 aromatic heterocycles. The predicted molar refractivity (Wildman–Crippen MR) is 77.2 cm³/mol. The summed E-state index contributed by atoms with van der Waals surface area (Å²) >= 11 is 0. The van der Waals surface area contributed by atoms with Crippen LogP contribution in [-0.2, 0) is 4.74 Å². The number of nitrogens with one attached hydrogen (secondary N) is 1. The molecule has 0 aliphatic heterocycles. The molecule has 0 spiro atoms. The molecule has 0 unspecified atom stereocenters. The second kappa shape index (κ2) is 6.92. The molecule has 2 rings (SSSR count). The number of aliphatic hydroxyl groups excluding tert-OH is 1. The highest BCUT2D eigenvalue weighted by Crippen LogP contribution is 2.27. The molecule has 5 heteroatoms. The van der Waals surface area contributed by atoms with Gasteiger partial charge in [0.2, 0.25) is 0 Å². The van der Waals surface area contributed by atoms with Crippen molar-refractivity contribution in [2.24, 2.45) is 0 Å². The van der Waals surface area contributed by atoms with E-state index in [1.807, 2.05) is 18.2 Å². The van der Waals surface area contributed by atoms with Gasteiger partial charge in [0.25, 0.3) is 0 Å². The number of rotatable bonds is 7. The number of benzene rings is 1. The van der Waals surface area contributed by atoms with E-state index in [1.165, 1.54) is 0 Å². The number of hydrogen-bond acceptors (Lipinski definition) is 5. The minimum absolute atomic E-state index is 0.0685. The minimum atomic E-state index is 0.0685. The van der Waals surface area contributed by atoms with Crippen molar-refractivity contribution < 1.29 is 9.84 Å². The average molecular weight is 261 g/mol. The standard InChI is InChI=1S/C14H19N3O2/c15-14-12-4-6-16-10-11(12)2-3-13(14)17-5-1-8-19-9-7-18/h2-4,6,10,17-18H,1,5,7-9,15H2. The van der Waals surface area contributed by atoms with Crippen molar-refractivity contribution >= 4 is 22.1 Å². The fraction of sp³-hybridized carbons (Fsp3) is 0.357. The van der Waals surface area contributed by atoms with E-state index in [2.05, 4.69) is 10.3 Å². The number of hydrogen-bond donors (Lipinski definition) is 3. The predicted octanol–water partition coefficient (Wildman–Crippen LogP) is 1.63. The zero-order chi connectivity index (χ0) is 13.5. The second-order valence-corrected chi connectivity index (χ2v) is 4.24. The van der Waals surface area contributed by atoms with Crippen LogP contribution in [0.3, 0.4) is 0 Å². The molecule has 0 radical (unpaired) electrons. The van der Waals surface area contributed by atoms with Crippen LogP contribution >= 0.6 is 0 Å². The normalized spacial score (nSPS) is 10.8. The van der Waals surface area contributed by atoms with Crippen LogP contribution in [0.4, 0.5) is 11.4 Å². The van der Waals surface area contributed by atoms with Crippen molar-refractivity contribution in [2.45, 2.75) is 6.42 Å². The van der Waals surface area contributed by atoms with Crippen LogP contribution in [0, 0.1) is 0 Å². The summed E-state index contributed by atoms with van der Waals surface area (Å²) in [5.74, 6) is 0. The molecule has 1 heterocycles. The Morgan fingerprint density at radius 2 is 2.16 bits per heavy atom. The van der Waals surface area contributed by atoms with Gasteiger partial charge < -0.3 is 20.9 Å². The Kier molecular flexibility index (Phi) is 4.94. The van der Waals surface area contributed by atoms with Gasteiger partial charge in [0.05, 0.1) is 24.6 Å². The zero-order valence-electron chi connectivity index (χ0n) is 10.8. The van der Waals surface area contributed by atoms with E-state index >= 15 is 0 Å². The number of fused-ring (bicyclic) bond motifs is 1. The van der Waals surface area contributed by atoms with Gasteiger partial charge >= 0.3 is 0 Å². The molecule has 0 saturated carbocycles. The summed E-state index contributed by atoms with van der Waals surface area (Å²) in [6.07, 6.45) is 4.41. The van der Waals surface area contributed by atoms with Crippen LogP contribution in [0.15, 0.2) is 30.6 Å². The lowest BCUT2D eigenvalue weighted by molar-refractivity contribution is 0.0922. The number of aliphatic hydroxyl groups is 1. The van der Waals surface area contributed by atoms with Crippen LogP contribution < -0.4 is 11.1 Å². The second-order valence-electron chi connectivity index (χ2n) is 4.24. The molecular formula is C14H19N3O2. The molecule has 0 atom stereocenters. The maximum Gasteiger partial charge on any atom is 0.0697 e. The van der Waals surface area contributed by atoms with Gasteiger partial charge in [-0.15, -0.1) is 0 Å². The molecule has 0 amide bonds. The lowest BCUT2D eigenvalue weighted by Crippen LogP contribution is -2.08. The quantitative estimate of drug-likeness (QED) is 0.521. The van der Waals surface area contributed by atoms with Gasteiger partial charge in [0.1, 0.15) is 0 Å². The van der Waals surface area contributed by atoms with Crippen LogP contribution in [0.2, 0.25) is 0 Å². The number of nitrogens with zero attached hydrogens (tertiary/aromatic N) is 1. The average Bonchev–Trinajstić information content (AvgIpc) is 2.45. The number of pyridine rings is 1. The Labute approximate surface area is 112 Å². The molecule has 2 aromatic rings. The van der Waals surface area contributed by atoms with Crippen molar-refractivity contribution in [3.05, 3.63) is 30.6 Å². The Morgan fingerprint density at radius 1 is 1.26 bits per heavy atom. The fourth-order valence-electron chi connectivity index (χ4n) is 1.91. The Bertz CT molecular complexity index is 531. The van der Waals surface area contributed by atoms with Gasteiger partial charge in [0, 0.05) is 36.3 Å². The summed E-state index contributed by atoms with van der Waals surface area (Å²) in [4.78, 5) is 4.07. The van der Waals surface area contributed by atoms with E-state index in [0.717, 1.165) is 35.1 Å². The first-order valence-corrected chi connectivity index (χ1v) is 6.37. The summed E-state index contributed by atoms with van der Waals surface area (Å²) in [6, 6.07) is 5.89. The molecule has 102 valence electrons. The van der Waals surface area contributed by atoms with E-state index in [9.17, 15) is 0 Å². The third kappa shape index (κ3) is 3.56. The first kappa shape index (κ1) is 13.6. The highest BCUT2D eigenvalue weighted by Gasteiger charge is 2.03. The number of aromatic nitrogens is 1. The van der Waals surface area contributed by atoms with Gasteiger partial charge in [-0.3, -0.25) is 4.98 Å². The van der Waals surface area contributed by atoms with Crippen molar-refractivity contribution in [3.63, 3.8) is 0 Å². The van der Waals surface area contributed by atoms with Crippen LogP contribution in [0.25, 0.3) is 10.8 Å². The summed E-state index contributed by atoms with van der Waals surface area (Å²) < 4.78 is 5.19. The number of nitrogen functional groups attached to an aromatic ring is 1. The van der Waals surface area contributed by atoms with Gasteiger partial charge in [-0.05, 0) is 18.6 Å². The van der Waals surface area contributed by atoms with Gasteiger partial charge in [0.15, 0.2) is 0 Å². The van der Waals surface area contributed by atoms with E-state index in [1.54, 1.807) is 12.4 Å². The first-order valence-electron chi connectivity index (χ1n) is 6.37. The Balaban J connectivity index is 1.92. The Morgan fingerprint density at radius 3 is 3.00 bits per heavy atom. The minimum Gasteiger partial charge on any atom is -0.397 e. The van der Waals surface area contributed by atoms with Crippen LogP contribution in [-0.4, -0.2) is 36.5 Å². The molecule has 0 bridgehead atoms. The summed E-state index contributed by atoms with van der Waals surface area (Å²) in [5.41, 5.74) is 7.80. The van der Waals surface area contributed by atoms with Crippen molar-refractivity contribution in [2.75, 3.05) is 37.4 Å². The van der Waals surface area contributed by atoms with Crippen molar-refractivity contribution in [3.8, 4) is 0 Å². The molecule has 5 nitrogen and oxygen atoms in total. The van der Waals surface area contributed by atoms with E-state index < -0.39 is 0 Å². The summed E-state index contributed by atoms with van der Waals surface area (Å²) in [6.45, 7) is 1.88. The number of ether oxygens (including phenoxy) is 1. The number of anilines is 2. The third-order valence-electron chi connectivity index (χ3n) is 2.88. The fourth-order valence-corrected chi connectivity index (χ4v) is 1.91. The van der Waals surface area contributed by atoms with E-state index in [4.69, 9.17) is 15.6 Å². The van der Waals surface area contributed by atoms with Crippen molar-refractivity contribution in [1.29, 1.82) is 0 Å². The van der Waals surface area contributed by atoms with Gasteiger partial charge in [-0.2, -0.15) is 0 Å². The molecular weight excluding hydrogens is 242 g/mol. The lowest BCUT2D eigenvalue weighted by atomic mass is 10.1. The molecule has 0 saturated heterocycles. The summed E-state index contributed by atoms with van der Waals surface area (Å²) in [5, 5.41) is 13.9. The van der Waals surface area contributed by atoms with Gasteiger partial charge in [-0.25, -0.2) is 0 Å². The van der Waals surface area contributed by atoms with Crippen molar-refractivity contribution in [1.82, 2.24) is 4.98 Å². The largest absolute Gasteiger partial charge is 0.397 e. The lowest BCUT2D eigenvalue weighted by Gasteiger charge is -2.11. The smallest absolute Gasteiger partial charge is 0.0697 e. The SMILES string of the molecule is Nc1c(NCCCOCCO)ccc2cnccc12. The maximum atomic E-state index is 8.58. The van der Waals surface area contributed by atoms with Crippen LogP contribution in [0.1, 0.15) is 6.42 Å². The van der Waals surface area contributed by atoms with Gasteiger partial charge in [-0.1, -0.05) is 6.07 Å². The van der Waals surface area contributed by atoms with Crippen LogP contribution in [0.5, 0.6) is 0 Å². The third-order valence-corrected chi connectivity index (χ3v) is 2.88. The number of nitrogens with two attached hydrogens (primary N) is 1.